The zero-order valence-corrected chi connectivity index (χ0v) is 14.3. The molecule has 126 valence electrons. The highest BCUT2D eigenvalue weighted by Crippen LogP contribution is 2.18. The van der Waals surface area contributed by atoms with Crippen LogP contribution in [0.2, 0.25) is 0 Å². The monoisotopic (exact) mass is 345 g/mol. The van der Waals surface area contributed by atoms with Crippen molar-refractivity contribution in [3.63, 3.8) is 0 Å². The van der Waals surface area contributed by atoms with Crippen molar-refractivity contribution in [3.05, 3.63) is 65.5 Å². The van der Waals surface area contributed by atoms with Gasteiger partial charge in [0.25, 0.3) is 0 Å². The number of amidine groups is 1. The molecule has 0 bridgehead atoms. The van der Waals surface area contributed by atoms with E-state index in [0.29, 0.717) is 17.3 Å². The third-order valence-electron chi connectivity index (χ3n) is 3.01. The van der Waals surface area contributed by atoms with E-state index in [0.717, 1.165) is 12.2 Å². The van der Waals surface area contributed by atoms with E-state index < -0.39 is 0 Å². The van der Waals surface area contributed by atoms with Gasteiger partial charge in [0.1, 0.15) is 0 Å². The Morgan fingerprint density at radius 3 is 2.79 bits per heavy atom. The van der Waals surface area contributed by atoms with Gasteiger partial charge in [-0.1, -0.05) is 55.1 Å². The van der Waals surface area contributed by atoms with Gasteiger partial charge in [0.05, 0.1) is 12.8 Å². The Kier molecular flexibility index (Phi) is 7.29. The molecule has 0 heterocycles. The Balaban J connectivity index is 1.92. The lowest BCUT2D eigenvalue weighted by Crippen LogP contribution is -2.06. The predicted molar refractivity (Wildman–Crippen MR) is 99.1 cm³/mol. The fourth-order valence-electron chi connectivity index (χ4n) is 1.84. The number of ether oxygens (including phenoxy) is 1. The lowest BCUT2D eigenvalue weighted by molar-refractivity contribution is 0.301. The van der Waals surface area contributed by atoms with Crippen molar-refractivity contribution >= 4 is 23.1 Å². The lowest BCUT2D eigenvalue weighted by atomic mass is 10.2. The summed E-state index contributed by atoms with van der Waals surface area (Å²) in [5.74, 6) is 0.565. The van der Waals surface area contributed by atoms with Gasteiger partial charge in [-0.25, -0.2) is 4.39 Å². The maximum atomic E-state index is 13.6. The van der Waals surface area contributed by atoms with E-state index in [1.165, 1.54) is 29.6 Å². The molecule has 0 unspecified atom stereocenters. The van der Waals surface area contributed by atoms with Gasteiger partial charge in [-0.15, -0.1) is 5.10 Å². The summed E-state index contributed by atoms with van der Waals surface area (Å²) in [4.78, 5) is 0. The number of rotatable bonds is 7. The third kappa shape index (κ3) is 6.04. The molecule has 0 fully saturated rings. The van der Waals surface area contributed by atoms with E-state index >= 15 is 0 Å². The summed E-state index contributed by atoms with van der Waals surface area (Å²) in [7, 11) is 0. The second kappa shape index (κ2) is 9.72. The zero-order valence-electron chi connectivity index (χ0n) is 13.5. The van der Waals surface area contributed by atoms with Crippen molar-refractivity contribution < 1.29 is 9.13 Å². The summed E-state index contributed by atoms with van der Waals surface area (Å²) < 4.78 is 18.9. The first-order valence-electron chi connectivity index (χ1n) is 7.64. The number of halogens is 1. The number of hydrogen-bond donors (Lipinski definition) is 1. The van der Waals surface area contributed by atoms with Crippen molar-refractivity contribution in [2.45, 2.75) is 19.1 Å². The number of thioether (sulfide) groups is 1. The molecular formula is C18H20FN3OS. The normalized spacial score (nSPS) is 11.8. The fourth-order valence-corrected chi connectivity index (χ4v) is 2.45. The maximum Gasteiger partial charge on any atom is 0.180 e. The van der Waals surface area contributed by atoms with E-state index in [1.807, 2.05) is 37.3 Å². The highest BCUT2D eigenvalue weighted by atomic mass is 32.2. The number of hydrogen-bond acceptors (Lipinski definition) is 4. The van der Waals surface area contributed by atoms with E-state index in [4.69, 9.17) is 10.5 Å². The van der Waals surface area contributed by atoms with Gasteiger partial charge in [0, 0.05) is 5.75 Å². The molecule has 0 saturated heterocycles. The van der Waals surface area contributed by atoms with Crippen LogP contribution in [0.1, 0.15) is 24.5 Å². The summed E-state index contributed by atoms with van der Waals surface area (Å²) in [6, 6.07) is 14.5. The average Bonchev–Trinajstić information content (AvgIpc) is 2.61. The summed E-state index contributed by atoms with van der Waals surface area (Å²) in [6.45, 7) is 2.44. The minimum Gasteiger partial charge on any atom is -0.491 e. The molecule has 0 aromatic heterocycles. The van der Waals surface area contributed by atoms with Gasteiger partial charge in [0.15, 0.2) is 16.7 Å². The van der Waals surface area contributed by atoms with Gasteiger partial charge < -0.3 is 10.5 Å². The van der Waals surface area contributed by atoms with Crippen LogP contribution in [0.4, 0.5) is 4.39 Å². The second-order valence-electron chi connectivity index (χ2n) is 5.00. The van der Waals surface area contributed by atoms with Crippen LogP contribution in [0.5, 0.6) is 5.75 Å². The molecule has 2 rings (SSSR count). The van der Waals surface area contributed by atoms with Crippen LogP contribution in [0.3, 0.4) is 0 Å². The van der Waals surface area contributed by atoms with Crippen molar-refractivity contribution in [2.75, 3.05) is 6.61 Å². The molecule has 2 aromatic carbocycles. The average molecular weight is 345 g/mol. The zero-order chi connectivity index (χ0) is 17.2. The topological polar surface area (TPSA) is 60.0 Å². The minimum atomic E-state index is -0.387. The third-order valence-corrected chi connectivity index (χ3v) is 3.86. The van der Waals surface area contributed by atoms with Gasteiger partial charge in [-0.3, -0.25) is 0 Å². The molecule has 0 aliphatic carbocycles. The molecule has 0 amide bonds. The molecule has 0 saturated carbocycles. The molecule has 0 aliphatic heterocycles. The van der Waals surface area contributed by atoms with Crippen molar-refractivity contribution in [1.82, 2.24) is 0 Å². The molecule has 2 aromatic rings. The number of nitrogens with two attached hydrogens (primary N) is 1. The first-order chi connectivity index (χ1) is 11.7. The van der Waals surface area contributed by atoms with Gasteiger partial charge in [0.2, 0.25) is 0 Å². The number of nitrogens with zero attached hydrogens (tertiary/aromatic N) is 2. The van der Waals surface area contributed by atoms with Crippen LogP contribution in [0, 0.1) is 5.82 Å². The Labute approximate surface area is 145 Å². The molecule has 2 N–H and O–H groups in total. The van der Waals surface area contributed by atoms with E-state index in [9.17, 15) is 4.39 Å². The smallest absolute Gasteiger partial charge is 0.180 e. The summed E-state index contributed by atoms with van der Waals surface area (Å²) in [6.07, 6.45) is 2.34. The summed E-state index contributed by atoms with van der Waals surface area (Å²) in [5.41, 5.74) is 7.69. The molecule has 0 spiro atoms. The molecule has 0 aliphatic rings. The second-order valence-corrected chi connectivity index (χ2v) is 5.99. The van der Waals surface area contributed by atoms with Crippen LogP contribution in [0.25, 0.3) is 0 Å². The minimum absolute atomic E-state index is 0.219. The lowest BCUT2D eigenvalue weighted by Gasteiger charge is -2.06. The van der Waals surface area contributed by atoms with Crippen LogP contribution in [-0.2, 0) is 5.75 Å². The van der Waals surface area contributed by atoms with Crippen LogP contribution >= 0.6 is 11.8 Å². The first-order valence-corrected chi connectivity index (χ1v) is 8.63. The van der Waals surface area contributed by atoms with Crippen LogP contribution < -0.4 is 10.5 Å². The van der Waals surface area contributed by atoms with Crippen molar-refractivity contribution in [2.24, 2.45) is 15.9 Å². The molecule has 4 nitrogen and oxygen atoms in total. The molecule has 0 radical (unpaired) electrons. The van der Waals surface area contributed by atoms with Gasteiger partial charge in [-0.05, 0) is 29.7 Å². The SMILES string of the molecule is CCCOc1cc(C=NN=C(N)SCc2ccccc2)ccc1F. The van der Waals surface area contributed by atoms with Gasteiger partial charge in [-0.2, -0.15) is 5.10 Å². The van der Waals surface area contributed by atoms with E-state index in [1.54, 1.807) is 12.1 Å². The first kappa shape index (κ1) is 18.0. The Morgan fingerprint density at radius 1 is 1.25 bits per heavy atom. The number of benzene rings is 2. The molecule has 24 heavy (non-hydrogen) atoms. The maximum absolute atomic E-state index is 13.6. The van der Waals surface area contributed by atoms with E-state index in [-0.39, 0.29) is 11.6 Å². The van der Waals surface area contributed by atoms with Gasteiger partial charge >= 0.3 is 0 Å². The Hall–Kier alpha value is -2.34. The molecule has 0 atom stereocenters. The predicted octanol–water partition coefficient (Wildman–Crippen LogP) is 4.20. The highest BCUT2D eigenvalue weighted by molar-refractivity contribution is 8.13. The summed E-state index contributed by atoms with van der Waals surface area (Å²) in [5, 5.41) is 8.26. The van der Waals surface area contributed by atoms with Crippen molar-refractivity contribution in [1.29, 1.82) is 0 Å². The van der Waals surface area contributed by atoms with E-state index in [2.05, 4.69) is 10.2 Å². The largest absolute Gasteiger partial charge is 0.491 e. The fraction of sp³-hybridized carbons (Fsp3) is 0.222. The Bertz CT molecular complexity index is 705. The molecular weight excluding hydrogens is 325 g/mol. The standard InChI is InChI=1S/C18H20FN3OS/c1-2-10-23-17-11-15(8-9-16(17)19)12-21-22-18(20)24-13-14-6-4-3-5-7-14/h3-9,11-12H,2,10,13H2,1H3,(H2,20,22). The van der Waals surface area contributed by atoms with Crippen LogP contribution in [-0.4, -0.2) is 18.0 Å². The van der Waals surface area contributed by atoms with Crippen molar-refractivity contribution in [3.8, 4) is 5.75 Å². The highest BCUT2D eigenvalue weighted by Gasteiger charge is 2.03. The Morgan fingerprint density at radius 2 is 2.04 bits per heavy atom. The van der Waals surface area contributed by atoms with Crippen LogP contribution in [0.15, 0.2) is 58.7 Å². The quantitative estimate of drug-likeness (QED) is 0.465. The summed E-state index contributed by atoms with van der Waals surface area (Å²) >= 11 is 1.41. The molecule has 6 heteroatoms.